The smallest absolute Gasteiger partial charge is 0.326 e. The van der Waals surface area contributed by atoms with E-state index in [1.807, 2.05) is 16.8 Å². The molecule has 19 heavy (non-hydrogen) atoms. The lowest BCUT2D eigenvalue weighted by Gasteiger charge is -2.16. The van der Waals surface area contributed by atoms with Gasteiger partial charge >= 0.3 is 18.0 Å². The number of carboxylic acids is 2. The maximum absolute atomic E-state index is 11.6. The van der Waals surface area contributed by atoms with Gasteiger partial charge in [0.25, 0.3) is 0 Å². The maximum Gasteiger partial charge on any atom is 0.326 e. The van der Waals surface area contributed by atoms with Gasteiger partial charge in [-0.1, -0.05) is 0 Å². The summed E-state index contributed by atoms with van der Waals surface area (Å²) in [7, 11) is 0. The van der Waals surface area contributed by atoms with Crippen LogP contribution in [0.2, 0.25) is 0 Å². The number of hydrogen-bond acceptors (Lipinski definition) is 4. The van der Waals surface area contributed by atoms with Crippen LogP contribution in [0.5, 0.6) is 0 Å². The van der Waals surface area contributed by atoms with E-state index in [4.69, 9.17) is 10.2 Å². The molecule has 0 aliphatic heterocycles. The molecule has 8 heteroatoms. The Bertz CT molecular complexity index is 460. The van der Waals surface area contributed by atoms with Crippen molar-refractivity contribution in [3.8, 4) is 0 Å². The highest BCUT2D eigenvalue weighted by atomic mass is 32.1. The molecule has 1 aromatic rings. The van der Waals surface area contributed by atoms with Gasteiger partial charge in [-0.2, -0.15) is 11.3 Å². The number of amides is 2. The van der Waals surface area contributed by atoms with E-state index in [-0.39, 0.29) is 6.04 Å². The Balaban J connectivity index is 2.53. The third kappa shape index (κ3) is 4.96. The number of urea groups is 1. The second-order valence-electron chi connectivity index (χ2n) is 3.88. The first-order valence-corrected chi connectivity index (χ1v) is 6.38. The maximum atomic E-state index is 11.6. The normalized spacial score (nSPS) is 13.3. The minimum Gasteiger partial charge on any atom is -0.481 e. The average molecular weight is 286 g/mol. The number of carboxylic acid groups (broad SMARTS) is 2. The van der Waals surface area contributed by atoms with E-state index in [2.05, 4.69) is 10.6 Å². The van der Waals surface area contributed by atoms with Crippen LogP contribution in [0.25, 0.3) is 0 Å². The van der Waals surface area contributed by atoms with Crippen LogP contribution in [0.15, 0.2) is 16.8 Å². The van der Waals surface area contributed by atoms with E-state index in [0.29, 0.717) is 0 Å². The fraction of sp³-hybridized carbons (Fsp3) is 0.364. The van der Waals surface area contributed by atoms with Crippen molar-refractivity contribution in [1.82, 2.24) is 10.6 Å². The molecule has 104 valence electrons. The van der Waals surface area contributed by atoms with Gasteiger partial charge in [0, 0.05) is 0 Å². The molecule has 7 nitrogen and oxygen atoms in total. The summed E-state index contributed by atoms with van der Waals surface area (Å²) >= 11 is 1.48. The van der Waals surface area contributed by atoms with Gasteiger partial charge in [-0.25, -0.2) is 9.59 Å². The van der Waals surface area contributed by atoms with Crippen molar-refractivity contribution in [3.05, 3.63) is 22.4 Å². The molecule has 2 amide bonds. The van der Waals surface area contributed by atoms with Gasteiger partial charge in [0.1, 0.15) is 6.04 Å². The molecule has 2 atom stereocenters. The van der Waals surface area contributed by atoms with Crippen molar-refractivity contribution in [2.45, 2.75) is 25.4 Å². The summed E-state index contributed by atoms with van der Waals surface area (Å²) in [6.45, 7) is 1.74. The van der Waals surface area contributed by atoms with Crippen LogP contribution in [0.4, 0.5) is 4.79 Å². The molecular formula is C11H14N2O5S. The van der Waals surface area contributed by atoms with E-state index in [0.717, 1.165) is 5.56 Å². The molecular weight excluding hydrogens is 272 g/mol. The van der Waals surface area contributed by atoms with E-state index in [1.165, 1.54) is 11.3 Å². The summed E-state index contributed by atoms with van der Waals surface area (Å²) in [4.78, 5) is 32.8. The first-order valence-electron chi connectivity index (χ1n) is 5.44. The zero-order chi connectivity index (χ0) is 14.4. The molecule has 0 radical (unpaired) electrons. The number of nitrogens with one attached hydrogen (secondary N) is 2. The largest absolute Gasteiger partial charge is 0.481 e. The molecule has 0 saturated carbocycles. The van der Waals surface area contributed by atoms with E-state index in [1.54, 1.807) is 6.92 Å². The van der Waals surface area contributed by atoms with Crippen molar-refractivity contribution in [1.29, 1.82) is 0 Å². The Morgan fingerprint density at radius 2 is 2.00 bits per heavy atom. The number of hydrogen-bond donors (Lipinski definition) is 4. The van der Waals surface area contributed by atoms with Gasteiger partial charge in [0.15, 0.2) is 0 Å². The molecule has 1 aromatic heterocycles. The van der Waals surface area contributed by atoms with Crippen LogP contribution < -0.4 is 10.6 Å². The fourth-order valence-electron chi connectivity index (χ4n) is 1.38. The molecule has 0 saturated heterocycles. The van der Waals surface area contributed by atoms with Crippen LogP contribution in [0.1, 0.15) is 24.9 Å². The number of carbonyl (C=O) groups excluding carboxylic acids is 1. The van der Waals surface area contributed by atoms with Crippen LogP contribution >= 0.6 is 11.3 Å². The van der Waals surface area contributed by atoms with Gasteiger partial charge in [-0.05, 0) is 29.3 Å². The highest BCUT2D eigenvalue weighted by Crippen LogP contribution is 2.15. The Hall–Kier alpha value is -2.09. The van der Waals surface area contributed by atoms with Gasteiger partial charge < -0.3 is 20.8 Å². The van der Waals surface area contributed by atoms with E-state index < -0.39 is 30.4 Å². The molecule has 4 N–H and O–H groups in total. The Kier molecular flexibility index (Phi) is 5.31. The lowest BCUT2D eigenvalue weighted by Crippen LogP contribution is -2.47. The lowest BCUT2D eigenvalue weighted by atomic mass is 10.2. The van der Waals surface area contributed by atoms with E-state index in [9.17, 15) is 14.4 Å². The Morgan fingerprint density at radius 3 is 2.47 bits per heavy atom. The average Bonchev–Trinajstić information content (AvgIpc) is 2.80. The third-order valence-electron chi connectivity index (χ3n) is 2.37. The minimum atomic E-state index is -1.45. The molecule has 1 rings (SSSR count). The number of aliphatic carboxylic acids is 2. The summed E-state index contributed by atoms with van der Waals surface area (Å²) in [6.07, 6.45) is -0.671. The highest BCUT2D eigenvalue weighted by Gasteiger charge is 2.23. The van der Waals surface area contributed by atoms with Crippen LogP contribution in [0.3, 0.4) is 0 Å². The van der Waals surface area contributed by atoms with Crippen LogP contribution in [-0.2, 0) is 9.59 Å². The Morgan fingerprint density at radius 1 is 1.32 bits per heavy atom. The summed E-state index contributed by atoms with van der Waals surface area (Å²) in [5.74, 6) is -2.68. The predicted molar refractivity (Wildman–Crippen MR) is 68.1 cm³/mol. The summed E-state index contributed by atoms with van der Waals surface area (Å²) in [5, 5.41) is 25.7. The molecule has 1 unspecified atom stereocenters. The topological polar surface area (TPSA) is 116 Å². The van der Waals surface area contributed by atoms with Crippen molar-refractivity contribution in [2.24, 2.45) is 0 Å². The summed E-state index contributed by atoms with van der Waals surface area (Å²) in [6, 6.07) is -0.619. The standard InChI is InChI=1S/C11H14N2O5S/c1-6(7-2-3-19-5-7)12-11(18)13-8(10(16)17)4-9(14)15/h2-3,5-6,8H,4H2,1H3,(H,14,15)(H,16,17)(H2,12,13,18)/t6?,8-/m1/s1. The lowest BCUT2D eigenvalue weighted by molar-refractivity contribution is -0.145. The number of rotatable bonds is 6. The third-order valence-corrected chi connectivity index (χ3v) is 3.07. The van der Waals surface area contributed by atoms with Crippen molar-refractivity contribution in [2.75, 3.05) is 0 Å². The predicted octanol–water partition coefficient (Wildman–Crippen LogP) is 1.04. The van der Waals surface area contributed by atoms with E-state index >= 15 is 0 Å². The fourth-order valence-corrected chi connectivity index (χ4v) is 2.13. The molecule has 0 aromatic carbocycles. The van der Waals surface area contributed by atoms with Crippen molar-refractivity contribution >= 4 is 29.3 Å². The number of carbonyl (C=O) groups is 3. The molecule has 0 spiro atoms. The second kappa shape index (κ2) is 6.74. The highest BCUT2D eigenvalue weighted by molar-refractivity contribution is 7.07. The molecule has 0 aliphatic carbocycles. The molecule has 1 heterocycles. The minimum absolute atomic E-state index is 0.287. The SMILES string of the molecule is CC(NC(=O)N[C@H](CC(=O)O)C(=O)O)c1ccsc1. The van der Waals surface area contributed by atoms with Gasteiger partial charge in [-0.15, -0.1) is 0 Å². The van der Waals surface area contributed by atoms with Crippen LogP contribution in [-0.4, -0.2) is 34.2 Å². The molecule has 0 aliphatic rings. The first-order chi connectivity index (χ1) is 8.90. The van der Waals surface area contributed by atoms with Gasteiger partial charge in [-0.3, -0.25) is 4.79 Å². The van der Waals surface area contributed by atoms with Crippen molar-refractivity contribution in [3.63, 3.8) is 0 Å². The number of thiophene rings is 1. The first kappa shape index (κ1) is 15.0. The Labute approximate surface area is 113 Å². The van der Waals surface area contributed by atoms with Crippen molar-refractivity contribution < 1.29 is 24.6 Å². The zero-order valence-electron chi connectivity index (χ0n) is 10.1. The zero-order valence-corrected chi connectivity index (χ0v) is 10.9. The molecule has 0 fully saturated rings. The van der Waals surface area contributed by atoms with Gasteiger partial charge in [0.05, 0.1) is 12.5 Å². The summed E-state index contributed by atoms with van der Waals surface area (Å²) < 4.78 is 0. The van der Waals surface area contributed by atoms with Gasteiger partial charge in [0.2, 0.25) is 0 Å². The second-order valence-corrected chi connectivity index (χ2v) is 4.66. The van der Waals surface area contributed by atoms with Crippen LogP contribution in [0, 0.1) is 0 Å². The quantitative estimate of drug-likeness (QED) is 0.623. The summed E-state index contributed by atoms with van der Waals surface area (Å²) in [5.41, 5.74) is 0.894. The monoisotopic (exact) mass is 286 g/mol. The molecule has 0 bridgehead atoms.